The third-order valence-corrected chi connectivity index (χ3v) is 5.92. The second kappa shape index (κ2) is 7.97. The van der Waals surface area contributed by atoms with Crippen molar-refractivity contribution in [1.82, 2.24) is 4.72 Å². The lowest BCUT2D eigenvalue weighted by atomic mass is 10.1. The van der Waals surface area contributed by atoms with Gasteiger partial charge in [0.15, 0.2) is 0 Å². The molecule has 7 heteroatoms. The summed E-state index contributed by atoms with van der Waals surface area (Å²) in [6, 6.07) is 9.17. The Morgan fingerprint density at radius 1 is 1.12 bits per heavy atom. The third-order valence-electron chi connectivity index (χ3n) is 4.30. The van der Waals surface area contributed by atoms with Crippen LogP contribution in [0.1, 0.15) is 23.6 Å². The first-order valence-electron chi connectivity index (χ1n) is 8.23. The van der Waals surface area contributed by atoms with Gasteiger partial charge < -0.3 is 4.90 Å². The molecule has 1 amide bonds. The Morgan fingerprint density at radius 3 is 2.42 bits per heavy atom. The van der Waals surface area contributed by atoms with E-state index in [1.165, 1.54) is 26.0 Å². The highest BCUT2D eigenvalue weighted by Crippen LogP contribution is 2.23. The normalized spacial score (nSPS) is 11.4. The lowest BCUT2D eigenvalue weighted by Crippen LogP contribution is -2.38. The number of aryl methyl sites for hydroxylation is 2. The fraction of sp³-hybridized carbons (Fsp3) is 0.316. The number of hydrogen-bond acceptors (Lipinski definition) is 3. The molecule has 0 fully saturated rings. The molecule has 0 aliphatic heterocycles. The summed E-state index contributed by atoms with van der Waals surface area (Å²) in [7, 11) is -3.78. The molecule has 0 heterocycles. The standard InChI is InChI=1S/C19H23FN2O3S/c1-13-6-5-7-18(15(13)3)22(16(4)23)11-10-21-26(24,25)19-9-8-17(20)12-14(19)2/h5-9,12,21H,10-11H2,1-4H3. The SMILES string of the molecule is CC(=O)N(CCNS(=O)(=O)c1ccc(F)cc1C)c1cccc(C)c1C. The first-order valence-corrected chi connectivity index (χ1v) is 9.72. The quantitative estimate of drug-likeness (QED) is 0.840. The van der Waals surface area contributed by atoms with Gasteiger partial charge in [-0.2, -0.15) is 0 Å². The molecule has 26 heavy (non-hydrogen) atoms. The zero-order valence-electron chi connectivity index (χ0n) is 15.3. The van der Waals surface area contributed by atoms with E-state index < -0.39 is 15.8 Å². The largest absolute Gasteiger partial charge is 0.311 e. The molecular weight excluding hydrogens is 355 g/mol. The minimum Gasteiger partial charge on any atom is -0.311 e. The Kier molecular flexibility index (Phi) is 6.15. The van der Waals surface area contributed by atoms with Crippen LogP contribution in [-0.4, -0.2) is 27.4 Å². The summed E-state index contributed by atoms with van der Waals surface area (Å²) >= 11 is 0. The van der Waals surface area contributed by atoms with Crippen LogP contribution in [0.3, 0.4) is 0 Å². The fourth-order valence-electron chi connectivity index (χ4n) is 2.76. The zero-order valence-corrected chi connectivity index (χ0v) is 16.2. The van der Waals surface area contributed by atoms with E-state index in [1.807, 2.05) is 32.0 Å². The highest BCUT2D eigenvalue weighted by molar-refractivity contribution is 7.89. The molecule has 0 saturated carbocycles. The summed E-state index contributed by atoms with van der Waals surface area (Å²) in [6.45, 7) is 7.10. The molecule has 0 atom stereocenters. The number of carbonyl (C=O) groups excluding carboxylic acids is 1. The van der Waals surface area contributed by atoms with Crippen molar-refractivity contribution in [3.05, 3.63) is 58.9 Å². The van der Waals surface area contributed by atoms with Gasteiger partial charge in [0, 0.05) is 25.7 Å². The maximum absolute atomic E-state index is 13.2. The number of amides is 1. The first kappa shape index (κ1) is 20.1. The van der Waals surface area contributed by atoms with Crippen LogP contribution in [0.4, 0.5) is 10.1 Å². The maximum atomic E-state index is 13.2. The number of carbonyl (C=O) groups is 1. The molecule has 2 rings (SSSR count). The van der Waals surface area contributed by atoms with Crippen molar-refractivity contribution in [2.45, 2.75) is 32.6 Å². The van der Waals surface area contributed by atoms with Gasteiger partial charge in [-0.25, -0.2) is 17.5 Å². The third kappa shape index (κ3) is 4.47. The number of anilines is 1. The molecule has 5 nitrogen and oxygen atoms in total. The van der Waals surface area contributed by atoms with Gasteiger partial charge in [0.05, 0.1) is 4.90 Å². The molecule has 0 saturated heterocycles. The Labute approximate surface area is 153 Å². The van der Waals surface area contributed by atoms with Gasteiger partial charge in [-0.3, -0.25) is 4.79 Å². The minimum absolute atomic E-state index is 0.0278. The molecule has 2 aromatic carbocycles. The van der Waals surface area contributed by atoms with Gasteiger partial charge in [0.1, 0.15) is 5.82 Å². The molecule has 140 valence electrons. The van der Waals surface area contributed by atoms with Gasteiger partial charge in [-0.1, -0.05) is 12.1 Å². The summed E-state index contributed by atoms with van der Waals surface area (Å²) in [5.41, 5.74) is 3.11. The monoisotopic (exact) mass is 378 g/mol. The van der Waals surface area contributed by atoms with Crippen molar-refractivity contribution in [3.63, 3.8) is 0 Å². The summed E-state index contributed by atoms with van der Waals surface area (Å²) in [6.07, 6.45) is 0. The molecule has 0 aliphatic carbocycles. The number of hydrogen-bond donors (Lipinski definition) is 1. The first-order chi connectivity index (χ1) is 12.1. The van der Waals surface area contributed by atoms with Crippen LogP contribution in [0.2, 0.25) is 0 Å². The molecule has 0 spiro atoms. The number of sulfonamides is 1. The molecule has 0 bridgehead atoms. The van der Waals surface area contributed by atoms with Crippen LogP contribution < -0.4 is 9.62 Å². The predicted octanol–water partition coefficient (Wildman–Crippen LogP) is 3.08. The zero-order chi connectivity index (χ0) is 19.5. The van der Waals surface area contributed by atoms with Gasteiger partial charge in [-0.15, -0.1) is 0 Å². The highest BCUT2D eigenvalue weighted by Gasteiger charge is 2.19. The van der Waals surface area contributed by atoms with E-state index in [-0.39, 0.29) is 23.9 Å². The van der Waals surface area contributed by atoms with E-state index in [4.69, 9.17) is 0 Å². The minimum atomic E-state index is -3.78. The number of benzene rings is 2. The number of nitrogens with one attached hydrogen (secondary N) is 1. The Morgan fingerprint density at radius 2 is 1.81 bits per heavy atom. The van der Waals surface area contributed by atoms with E-state index in [9.17, 15) is 17.6 Å². The van der Waals surface area contributed by atoms with Crippen molar-refractivity contribution in [2.24, 2.45) is 0 Å². The lowest BCUT2D eigenvalue weighted by molar-refractivity contribution is -0.116. The predicted molar refractivity (Wildman–Crippen MR) is 100 cm³/mol. The van der Waals surface area contributed by atoms with E-state index in [0.29, 0.717) is 5.56 Å². The number of halogens is 1. The van der Waals surface area contributed by atoms with E-state index in [1.54, 1.807) is 4.90 Å². The lowest BCUT2D eigenvalue weighted by Gasteiger charge is -2.24. The van der Waals surface area contributed by atoms with Crippen LogP contribution in [0, 0.1) is 26.6 Å². The second-order valence-electron chi connectivity index (χ2n) is 6.20. The topological polar surface area (TPSA) is 66.5 Å². The molecule has 0 aliphatic rings. The summed E-state index contributed by atoms with van der Waals surface area (Å²) < 4.78 is 40.5. The molecule has 0 radical (unpaired) electrons. The van der Waals surface area contributed by atoms with Crippen LogP contribution in [0.5, 0.6) is 0 Å². The van der Waals surface area contributed by atoms with Crippen molar-refractivity contribution in [1.29, 1.82) is 0 Å². The Bertz CT molecular complexity index is 926. The van der Waals surface area contributed by atoms with Gasteiger partial charge >= 0.3 is 0 Å². The van der Waals surface area contributed by atoms with E-state index in [2.05, 4.69) is 4.72 Å². The van der Waals surface area contributed by atoms with Crippen LogP contribution in [-0.2, 0) is 14.8 Å². The van der Waals surface area contributed by atoms with Gasteiger partial charge in [0.25, 0.3) is 0 Å². The van der Waals surface area contributed by atoms with Crippen molar-refractivity contribution >= 4 is 21.6 Å². The van der Waals surface area contributed by atoms with E-state index in [0.717, 1.165) is 22.9 Å². The second-order valence-corrected chi connectivity index (χ2v) is 7.93. The van der Waals surface area contributed by atoms with Crippen molar-refractivity contribution < 1.29 is 17.6 Å². The fourth-order valence-corrected chi connectivity index (χ4v) is 4.00. The summed E-state index contributed by atoms with van der Waals surface area (Å²) in [5, 5.41) is 0. The number of nitrogens with zero attached hydrogens (tertiary/aromatic N) is 1. The number of rotatable bonds is 6. The van der Waals surface area contributed by atoms with Gasteiger partial charge in [-0.05, 0) is 61.7 Å². The smallest absolute Gasteiger partial charge is 0.240 e. The summed E-state index contributed by atoms with van der Waals surface area (Å²) in [4.78, 5) is 13.6. The highest BCUT2D eigenvalue weighted by atomic mass is 32.2. The molecular formula is C19H23FN2O3S. The van der Waals surface area contributed by atoms with Crippen molar-refractivity contribution in [2.75, 3.05) is 18.0 Å². The molecule has 0 aromatic heterocycles. The molecule has 0 unspecified atom stereocenters. The average molecular weight is 378 g/mol. The van der Waals surface area contributed by atoms with Crippen LogP contribution in [0.15, 0.2) is 41.3 Å². The summed E-state index contributed by atoms with van der Waals surface area (Å²) in [5.74, 6) is -0.657. The molecule has 2 aromatic rings. The van der Waals surface area contributed by atoms with Gasteiger partial charge in [0.2, 0.25) is 15.9 Å². The van der Waals surface area contributed by atoms with Crippen LogP contribution >= 0.6 is 0 Å². The molecule has 1 N–H and O–H groups in total. The van der Waals surface area contributed by atoms with Crippen LogP contribution in [0.25, 0.3) is 0 Å². The van der Waals surface area contributed by atoms with E-state index >= 15 is 0 Å². The Hall–Kier alpha value is -2.25. The maximum Gasteiger partial charge on any atom is 0.240 e. The average Bonchev–Trinajstić information content (AvgIpc) is 2.54. The van der Waals surface area contributed by atoms with Crippen molar-refractivity contribution in [3.8, 4) is 0 Å². The Balaban J connectivity index is 2.15.